The third-order valence-electron chi connectivity index (χ3n) is 6.21. The van der Waals surface area contributed by atoms with Crippen molar-refractivity contribution in [1.29, 1.82) is 0 Å². The molecule has 1 saturated carbocycles. The molecule has 1 fully saturated rings. The molecule has 2 aromatic heterocycles. The predicted octanol–water partition coefficient (Wildman–Crippen LogP) is 4.90. The van der Waals surface area contributed by atoms with Gasteiger partial charge in [0.25, 0.3) is 5.78 Å². The Kier molecular flexibility index (Phi) is 5.91. The lowest BCUT2D eigenvalue weighted by atomic mass is 9.71. The molecule has 4 aromatic rings. The number of aromatic nitrogens is 4. The van der Waals surface area contributed by atoms with E-state index in [2.05, 4.69) is 15.4 Å². The summed E-state index contributed by atoms with van der Waals surface area (Å²) in [6.07, 6.45) is 4.15. The summed E-state index contributed by atoms with van der Waals surface area (Å²) < 4.78 is 11.8. The number of hydrogen-bond acceptors (Lipinski definition) is 7. The molecule has 0 saturated heterocycles. The van der Waals surface area contributed by atoms with E-state index >= 15 is 0 Å². The summed E-state index contributed by atoms with van der Waals surface area (Å²) >= 11 is 0. The van der Waals surface area contributed by atoms with Crippen molar-refractivity contribution in [3.63, 3.8) is 0 Å². The summed E-state index contributed by atoms with van der Waals surface area (Å²) in [5, 5.41) is 7.28. The first-order valence-electron chi connectivity index (χ1n) is 11.8. The van der Waals surface area contributed by atoms with Gasteiger partial charge in [0.15, 0.2) is 0 Å². The Morgan fingerprint density at radius 2 is 1.75 bits per heavy atom. The van der Waals surface area contributed by atoms with Gasteiger partial charge in [0, 0.05) is 17.3 Å². The highest BCUT2D eigenvalue weighted by Crippen LogP contribution is 2.42. The summed E-state index contributed by atoms with van der Waals surface area (Å²) in [7, 11) is 0. The number of amides is 1. The lowest BCUT2D eigenvalue weighted by Gasteiger charge is -2.43. The van der Waals surface area contributed by atoms with Crippen LogP contribution in [-0.2, 0) is 15.1 Å². The zero-order chi connectivity index (χ0) is 25.3. The Balaban J connectivity index is 1.52. The zero-order valence-corrected chi connectivity index (χ0v) is 20.4. The summed E-state index contributed by atoms with van der Waals surface area (Å²) in [6, 6.07) is 17.8. The van der Waals surface area contributed by atoms with E-state index in [0.717, 1.165) is 41.5 Å². The van der Waals surface area contributed by atoms with E-state index in [-0.39, 0.29) is 12.5 Å². The van der Waals surface area contributed by atoms with Gasteiger partial charge in [0.2, 0.25) is 0 Å². The maximum Gasteiger partial charge on any atom is 0.408 e. The van der Waals surface area contributed by atoms with E-state index in [1.807, 2.05) is 81.6 Å². The van der Waals surface area contributed by atoms with Gasteiger partial charge < -0.3 is 14.8 Å². The molecule has 1 aliphatic carbocycles. The van der Waals surface area contributed by atoms with E-state index < -0.39 is 17.2 Å². The lowest BCUT2D eigenvalue weighted by molar-refractivity contribution is -0.121. The molecule has 2 aromatic carbocycles. The second-order valence-corrected chi connectivity index (χ2v) is 9.86. The molecule has 0 aliphatic heterocycles. The number of nitrogens with zero attached hydrogens (tertiary/aromatic N) is 4. The third-order valence-corrected chi connectivity index (χ3v) is 6.21. The normalized spacial score (nSPS) is 14.6. The summed E-state index contributed by atoms with van der Waals surface area (Å²) in [6.45, 7) is 5.85. The quantitative estimate of drug-likeness (QED) is 0.387. The average Bonchev–Trinajstić information content (AvgIpc) is 3.22. The first-order valence-corrected chi connectivity index (χ1v) is 11.8. The maximum absolute atomic E-state index is 12.5. The smallest absolute Gasteiger partial charge is 0.408 e. The summed E-state index contributed by atoms with van der Waals surface area (Å²) in [4.78, 5) is 32.2. The van der Waals surface area contributed by atoms with Gasteiger partial charge in [-0.15, -0.1) is 5.10 Å². The van der Waals surface area contributed by atoms with Gasteiger partial charge >= 0.3 is 18.6 Å². The van der Waals surface area contributed by atoms with E-state index in [9.17, 15) is 9.59 Å². The van der Waals surface area contributed by atoms with Crippen LogP contribution in [-0.4, -0.2) is 37.7 Å². The molecule has 36 heavy (non-hydrogen) atoms. The Morgan fingerprint density at radius 1 is 1.03 bits per heavy atom. The molecule has 2 heterocycles. The molecule has 1 amide bonds. The van der Waals surface area contributed by atoms with Crippen molar-refractivity contribution in [3.05, 3.63) is 66.4 Å². The van der Waals surface area contributed by atoms with Crippen molar-refractivity contribution in [3.8, 4) is 28.4 Å². The van der Waals surface area contributed by atoms with Crippen LogP contribution in [0.3, 0.4) is 0 Å². The third kappa shape index (κ3) is 4.64. The van der Waals surface area contributed by atoms with Crippen LogP contribution in [0.25, 0.3) is 28.2 Å². The molecular formula is C27H27N5O4. The SMILES string of the molecule is CC(C)(C)OC(=O)NC1(c2ccc(-c3nc4nc(OC=O)nn4cc3-c3ccccc3)cc2)CCC1. The molecular weight excluding hydrogens is 458 g/mol. The van der Waals surface area contributed by atoms with Crippen molar-refractivity contribution in [1.82, 2.24) is 24.9 Å². The van der Waals surface area contributed by atoms with Crippen molar-refractivity contribution < 1.29 is 19.1 Å². The van der Waals surface area contributed by atoms with E-state index in [4.69, 9.17) is 14.5 Å². The number of carbonyl (C=O) groups is 2. The van der Waals surface area contributed by atoms with E-state index in [1.54, 1.807) is 0 Å². The number of benzene rings is 2. The number of carbonyl (C=O) groups excluding carboxylic acids is 2. The van der Waals surface area contributed by atoms with Gasteiger partial charge in [-0.05, 0) is 51.2 Å². The molecule has 0 atom stereocenters. The van der Waals surface area contributed by atoms with Crippen molar-refractivity contribution >= 4 is 18.3 Å². The molecule has 1 N–H and O–H groups in total. The number of hydrogen-bond donors (Lipinski definition) is 1. The van der Waals surface area contributed by atoms with Crippen LogP contribution in [0.1, 0.15) is 45.6 Å². The molecule has 9 heteroatoms. The fourth-order valence-corrected chi connectivity index (χ4v) is 4.41. The Bertz CT molecular complexity index is 1400. The monoisotopic (exact) mass is 485 g/mol. The molecule has 0 unspecified atom stereocenters. The molecule has 5 rings (SSSR count). The molecule has 9 nitrogen and oxygen atoms in total. The van der Waals surface area contributed by atoms with E-state index in [1.165, 1.54) is 4.52 Å². The van der Waals surface area contributed by atoms with Gasteiger partial charge in [0.05, 0.1) is 11.2 Å². The standard InChI is InChI=1S/C27H27N5O4/c1-26(2,3)36-25(34)30-27(14-7-15-27)20-12-10-19(11-13-20)22-21(18-8-5-4-6-9-18)16-32-23(28-22)29-24(31-32)35-17-33/h4-6,8-13,16-17H,7,14-15H2,1-3H3,(H,30,34). The highest BCUT2D eigenvalue weighted by atomic mass is 16.6. The highest BCUT2D eigenvalue weighted by Gasteiger charge is 2.41. The van der Waals surface area contributed by atoms with Crippen LogP contribution in [0.4, 0.5) is 4.79 Å². The number of nitrogens with one attached hydrogen (secondary N) is 1. The van der Waals surface area contributed by atoms with Crippen molar-refractivity contribution in [2.45, 2.75) is 51.2 Å². The molecule has 1 aliphatic rings. The van der Waals surface area contributed by atoms with Gasteiger partial charge in [-0.1, -0.05) is 54.6 Å². The molecule has 0 radical (unpaired) electrons. The number of rotatable bonds is 6. The maximum atomic E-state index is 12.5. The highest BCUT2D eigenvalue weighted by molar-refractivity contribution is 5.81. The number of alkyl carbamates (subject to hydrolysis) is 1. The van der Waals surface area contributed by atoms with Crippen LogP contribution < -0.4 is 10.1 Å². The topological polar surface area (TPSA) is 108 Å². The Labute approximate surface area is 208 Å². The number of ether oxygens (including phenoxy) is 2. The second-order valence-electron chi connectivity index (χ2n) is 9.86. The Hall–Kier alpha value is -4.27. The fraction of sp³-hybridized carbons (Fsp3) is 0.296. The molecule has 0 bridgehead atoms. The van der Waals surface area contributed by atoms with Gasteiger partial charge in [-0.25, -0.2) is 14.3 Å². The van der Waals surface area contributed by atoms with Crippen molar-refractivity contribution in [2.75, 3.05) is 0 Å². The predicted molar refractivity (Wildman–Crippen MR) is 133 cm³/mol. The minimum Gasteiger partial charge on any atom is -0.444 e. The fourth-order valence-electron chi connectivity index (χ4n) is 4.41. The lowest BCUT2D eigenvalue weighted by Crippen LogP contribution is -2.52. The Morgan fingerprint density at radius 3 is 2.36 bits per heavy atom. The average molecular weight is 486 g/mol. The van der Waals surface area contributed by atoms with Crippen LogP contribution in [0, 0.1) is 0 Å². The first-order chi connectivity index (χ1) is 17.3. The van der Waals surface area contributed by atoms with Gasteiger partial charge in [-0.3, -0.25) is 4.79 Å². The largest absolute Gasteiger partial charge is 0.444 e. The minimum atomic E-state index is -0.560. The first kappa shape index (κ1) is 23.5. The van der Waals surface area contributed by atoms with Crippen molar-refractivity contribution in [2.24, 2.45) is 0 Å². The number of fused-ring (bicyclic) bond motifs is 1. The molecule has 184 valence electrons. The van der Waals surface area contributed by atoms with Crippen LogP contribution in [0.5, 0.6) is 6.01 Å². The zero-order valence-electron chi connectivity index (χ0n) is 20.4. The summed E-state index contributed by atoms with van der Waals surface area (Å²) in [5.74, 6) is 0.313. The summed E-state index contributed by atoms with van der Waals surface area (Å²) in [5.41, 5.74) is 3.44. The van der Waals surface area contributed by atoms with Gasteiger partial charge in [0.1, 0.15) is 5.60 Å². The van der Waals surface area contributed by atoms with Crippen LogP contribution >= 0.6 is 0 Å². The minimum absolute atomic E-state index is 0.0656. The van der Waals surface area contributed by atoms with E-state index in [0.29, 0.717) is 11.5 Å². The van der Waals surface area contributed by atoms with Crippen LogP contribution in [0.2, 0.25) is 0 Å². The second kappa shape index (κ2) is 9.07. The van der Waals surface area contributed by atoms with Crippen LogP contribution in [0.15, 0.2) is 60.8 Å². The van der Waals surface area contributed by atoms with Gasteiger partial charge in [-0.2, -0.15) is 4.98 Å². The molecule has 0 spiro atoms.